The molecule has 5 nitrogen and oxygen atoms in total. The first-order chi connectivity index (χ1) is 10.9. The van der Waals surface area contributed by atoms with Crippen LogP contribution in [0.5, 0.6) is 0 Å². The minimum Gasteiger partial charge on any atom is -0.381 e. The van der Waals surface area contributed by atoms with Crippen LogP contribution in [-0.2, 0) is 4.74 Å². The molecule has 0 amide bonds. The summed E-state index contributed by atoms with van der Waals surface area (Å²) >= 11 is 0. The molecule has 1 aliphatic rings. The second-order valence-electron chi connectivity index (χ2n) is 5.50. The molecule has 3 heterocycles. The first kappa shape index (κ1) is 13.3. The zero-order chi connectivity index (χ0) is 14.8. The molecule has 0 unspecified atom stereocenters. The molecule has 5 heteroatoms. The van der Waals surface area contributed by atoms with E-state index in [1.165, 1.54) is 0 Å². The van der Waals surface area contributed by atoms with Gasteiger partial charge >= 0.3 is 0 Å². The van der Waals surface area contributed by atoms with Crippen LogP contribution in [0, 0.1) is 0 Å². The lowest BCUT2D eigenvalue weighted by Crippen LogP contribution is -2.19. The van der Waals surface area contributed by atoms with Crippen LogP contribution in [0.2, 0.25) is 0 Å². The molecule has 112 valence electrons. The predicted molar refractivity (Wildman–Crippen MR) is 83.9 cm³/mol. The second-order valence-corrected chi connectivity index (χ2v) is 5.50. The molecule has 3 aromatic rings. The van der Waals surface area contributed by atoms with E-state index in [2.05, 4.69) is 45.1 Å². The van der Waals surface area contributed by atoms with Gasteiger partial charge in [-0.3, -0.25) is 0 Å². The lowest BCUT2D eigenvalue weighted by Gasteiger charge is -2.25. The van der Waals surface area contributed by atoms with Gasteiger partial charge in [0.05, 0.1) is 5.69 Å². The number of ether oxygens (including phenoxy) is 1. The van der Waals surface area contributed by atoms with E-state index in [1.54, 1.807) is 6.20 Å². The third-order valence-electron chi connectivity index (χ3n) is 4.13. The summed E-state index contributed by atoms with van der Waals surface area (Å²) in [7, 11) is 0. The van der Waals surface area contributed by atoms with Crippen molar-refractivity contribution in [1.29, 1.82) is 0 Å². The quantitative estimate of drug-likeness (QED) is 0.745. The van der Waals surface area contributed by atoms with Gasteiger partial charge in [0.25, 0.3) is 0 Å². The summed E-state index contributed by atoms with van der Waals surface area (Å²) in [5, 5.41) is 4.29. The van der Waals surface area contributed by atoms with Crippen molar-refractivity contribution in [1.82, 2.24) is 19.3 Å². The summed E-state index contributed by atoms with van der Waals surface area (Å²) in [5.41, 5.74) is 2.16. The van der Waals surface area contributed by atoms with E-state index in [0.29, 0.717) is 6.04 Å². The van der Waals surface area contributed by atoms with Crippen LogP contribution < -0.4 is 0 Å². The molecule has 22 heavy (non-hydrogen) atoms. The van der Waals surface area contributed by atoms with Crippen LogP contribution >= 0.6 is 0 Å². The largest absolute Gasteiger partial charge is 0.381 e. The number of aromatic nitrogens is 4. The smallest absolute Gasteiger partial charge is 0.140 e. The first-order valence-corrected chi connectivity index (χ1v) is 7.63. The molecular formula is C17H18N4O. The predicted octanol–water partition coefficient (Wildman–Crippen LogP) is 3.09. The topological polar surface area (TPSA) is 44.9 Å². The maximum atomic E-state index is 5.47. The number of hydrogen-bond donors (Lipinski definition) is 0. The van der Waals surface area contributed by atoms with Gasteiger partial charge in [0, 0.05) is 49.6 Å². The van der Waals surface area contributed by atoms with E-state index in [4.69, 9.17) is 4.74 Å². The van der Waals surface area contributed by atoms with Crippen LogP contribution in [-0.4, -0.2) is 32.5 Å². The summed E-state index contributed by atoms with van der Waals surface area (Å²) in [4.78, 5) is 4.58. The Labute approximate surface area is 129 Å². The van der Waals surface area contributed by atoms with Crippen molar-refractivity contribution >= 4 is 0 Å². The molecule has 0 atom stereocenters. The van der Waals surface area contributed by atoms with Crippen LogP contribution in [0.4, 0.5) is 0 Å². The van der Waals surface area contributed by atoms with Crippen LogP contribution in [0.15, 0.2) is 55.1 Å². The van der Waals surface area contributed by atoms with Crippen molar-refractivity contribution in [2.24, 2.45) is 0 Å². The van der Waals surface area contributed by atoms with Crippen molar-refractivity contribution in [3.63, 3.8) is 0 Å². The third-order valence-corrected chi connectivity index (χ3v) is 4.13. The van der Waals surface area contributed by atoms with Gasteiger partial charge < -0.3 is 9.30 Å². The minimum atomic E-state index is 0.472. The molecule has 1 aromatic carbocycles. The van der Waals surface area contributed by atoms with E-state index in [0.717, 1.165) is 43.1 Å². The molecule has 0 aliphatic carbocycles. The summed E-state index contributed by atoms with van der Waals surface area (Å²) < 4.78 is 9.61. The Morgan fingerprint density at radius 3 is 2.77 bits per heavy atom. The van der Waals surface area contributed by atoms with E-state index in [9.17, 15) is 0 Å². The number of nitrogens with zero attached hydrogens (tertiary/aromatic N) is 4. The molecule has 1 aliphatic heterocycles. The van der Waals surface area contributed by atoms with E-state index in [1.807, 2.05) is 23.1 Å². The number of rotatable bonds is 3. The second kappa shape index (κ2) is 5.77. The monoisotopic (exact) mass is 294 g/mol. The number of benzene rings is 1. The summed E-state index contributed by atoms with van der Waals surface area (Å²) in [6.45, 7) is 1.66. The van der Waals surface area contributed by atoms with Gasteiger partial charge in [0.1, 0.15) is 5.82 Å². The summed E-state index contributed by atoms with van der Waals surface area (Å²) in [6, 6.07) is 10.7. The number of imidazole rings is 1. The first-order valence-electron chi connectivity index (χ1n) is 7.63. The van der Waals surface area contributed by atoms with E-state index in [-0.39, 0.29) is 0 Å². The molecule has 4 rings (SSSR count). The fraction of sp³-hybridized carbons (Fsp3) is 0.294. The van der Waals surface area contributed by atoms with Crippen molar-refractivity contribution in [2.45, 2.75) is 18.9 Å². The van der Waals surface area contributed by atoms with Gasteiger partial charge in [-0.15, -0.1) is 0 Å². The van der Waals surface area contributed by atoms with Gasteiger partial charge in [-0.2, -0.15) is 5.10 Å². The lowest BCUT2D eigenvalue weighted by molar-refractivity contribution is 0.0700. The molecule has 0 saturated carbocycles. The third kappa shape index (κ3) is 2.44. The Balaban J connectivity index is 1.70. The normalized spacial score (nSPS) is 16.0. The lowest BCUT2D eigenvalue weighted by atomic mass is 10.1. The molecule has 0 bridgehead atoms. The highest BCUT2D eigenvalue weighted by molar-refractivity contribution is 5.59. The highest BCUT2D eigenvalue weighted by Gasteiger charge is 2.19. The Hall–Kier alpha value is -2.40. The maximum absolute atomic E-state index is 5.47. The van der Waals surface area contributed by atoms with Gasteiger partial charge in [-0.1, -0.05) is 12.1 Å². The Morgan fingerprint density at radius 2 is 1.95 bits per heavy atom. The van der Waals surface area contributed by atoms with Gasteiger partial charge in [-0.25, -0.2) is 9.67 Å². The molecule has 0 spiro atoms. The van der Waals surface area contributed by atoms with Crippen molar-refractivity contribution in [3.05, 3.63) is 55.1 Å². The molecule has 1 saturated heterocycles. The van der Waals surface area contributed by atoms with E-state index < -0.39 is 0 Å². The van der Waals surface area contributed by atoms with Crippen LogP contribution in [0.3, 0.4) is 0 Å². The molecule has 0 N–H and O–H groups in total. The summed E-state index contributed by atoms with van der Waals surface area (Å²) in [5.74, 6) is 1.01. The Kier molecular flexibility index (Phi) is 3.48. The number of hydrogen-bond acceptors (Lipinski definition) is 3. The Morgan fingerprint density at radius 1 is 1.05 bits per heavy atom. The fourth-order valence-corrected chi connectivity index (χ4v) is 3.00. The SMILES string of the molecule is c1cc(-c2nccn2C2CCOCC2)cc(-n2cccn2)c1. The van der Waals surface area contributed by atoms with E-state index >= 15 is 0 Å². The van der Waals surface area contributed by atoms with Gasteiger partial charge in [0.2, 0.25) is 0 Å². The van der Waals surface area contributed by atoms with Crippen molar-refractivity contribution < 1.29 is 4.74 Å². The standard InChI is InChI=1S/C17H18N4O/c1-3-14(13-16(4-1)21-9-2-7-19-21)17-18-8-10-20(17)15-5-11-22-12-6-15/h1-4,7-10,13,15H,5-6,11-12H2. The molecule has 0 radical (unpaired) electrons. The molecule has 2 aromatic heterocycles. The van der Waals surface area contributed by atoms with Crippen LogP contribution in [0.25, 0.3) is 17.1 Å². The maximum Gasteiger partial charge on any atom is 0.140 e. The highest BCUT2D eigenvalue weighted by Crippen LogP contribution is 2.28. The zero-order valence-electron chi connectivity index (χ0n) is 12.3. The highest BCUT2D eigenvalue weighted by atomic mass is 16.5. The van der Waals surface area contributed by atoms with Gasteiger partial charge in [-0.05, 0) is 31.0 Å². The molecular weight excluding hydrogens is 276 g/mol. The summed E-state index contributed by atoms with van der Waals surface area (Å²) in [6.07, 6.45) is 9.78. The average molecular weight is 294 g/mol. The van der Waals surface area contributed by atoms with Crippen molar-refractivity contribution in [2.75, 3.05) is 13.2 Å². The van der Waals surface area contributed by atoms with Crippen molar-refractivity contribution in [3.8, 4) is 17.1 Å². The van der Waals surface area contributed by atoms with Crippen LogP contribution in [0.1, 0.15) is 18.9 Å². The molecule has 1 fully saturated rings. The van der Waals surface area contributed by atoms with Gasteiger partial charge in [0.15, 0.2) is 0 Å². The minimum absolute atomic E-state index is 0.472. The zero-order valence-corrected chi connectivity index (χ0v) is 12.3. The average Bonchev–Trinajstić information content (AvgIpc) is 3.27. The Bertz CT molecular complexity index is 742. The fourth-order valence-electron chi connectivity index (χ4n) is 3.00.